The van der Waals surface area contributed by atoms with Crippen LogP contribution in [0.5, 0.6) is 0 Å². The Kier molecular flexibility index (Phi) is 2.43. The van der Waals surface area contributed by atoms with E-state index < -0.39 is 9.20 Å². The third-order valence-electron chi connectivity index (χ3n) is 2.48. The second kappa shape index (κ2) is 3.35. The molecular weight excluding hydrogens is 312 g/mol. The fourth-order valence-corrected chi connectivity index (χ4v) is 3.42. The molecule has 0 spiro atoms. The van der Waals surface area contributed by atoms with Gasteiger partial charge in [-0.1, -0.05) is 62.2 Å². The van der Waals surface area contributed by atoms with Gasteiger partial charge in [-0.15, -0.1) is 0 Å². The van der Waals surface area contributed by atoms with E-state index in [-0.39, 0.29) is 11.8 Å². The van der Waals surface area contributed by atoms with Crippen molar-refractivity contribution in [1.29, 1.82) is 0 Å². The van der Waals surface area contributed by atoms with Crippen molar-refractivity contribution < 1.29 is 9.90 Å². The van der Waals surface area contributed by atoms with Gasteiger partial charge in [0.2, 0.25) is 0 Å². The van der Waals surface area contributed by atoms with Crippen molar-refractivity contribution in [2.24, 2.45) is 5.92 Å². The van der Waals surface area contributed by atoms with Crippen LogP contribution in [0.2, 0.25) is 0 Å². The first-order valence-electron chi connectivity index (χ1n) is 4.20. The molecule has 0 radical (unpaired) electrons. The molecule has 0 unspecified atom stereocenters. The van der Waals surface area contributed by atoms with Crippen LogP contribution in [0.3, 0.4) is 0 Å². The summed E-state index contributed by atoms with van der Waals surface area (Å²) in [5.41, 5.74) is 1.05. The molecule has 0 aliphatic heterocycles. The maximum absolute atomic E-state index is 10.9. The number of carboxylic acid groups (broad SMARTS) is 1. The van der Waals surface area contributed by atoms with Crippen molar-refractivity contribution in [2.45, 2.75) is 9.15 Å². The zero-order chi connectivity index (χ0) is 10.3. The van der Waals surface area contributed by atoms with Crippen molar-refractivity contribution in [2.75, 3.05) is 0 Å². The van der Waals surface area contributed by atoms with Gasteiger partial charge in [0, 0.05) is 5.92 Å². The van der Waals surface area contributed by atoms with Gasteiger partial charge < -0.3 is 5.11 Å². The fourth-order valence-electron chi connectivity index (χ4n) is 1.71. The van der Waals surface area contributed by atoms with Gasteiger partial charge in [-0.2, -0.15) is 0 Å². The molecule has 74 valence electrons. The summed E-state index contributed by atoms with van der Waals surface area (Å²) in [6, 6.07) is 9.66. The summed E-state index contributed by atoms with van der Waals surface area (Å²) < 4.78 is -0.465. The topological polar surface area (TPSA) is 37.3 Å². The normalized spacial score (nSPS) is 28.4. The molecule has 0 bridgehead atoms. The van der Waals surface area contributed by atoms with Crippen LogP contribution in [0.25, 0.3) is 0 Å². The van der Waals surface area contributed by atoms with Crippen LogP contribution in [-0.4, -0.2) is 14.3 Å². The van der Waals surface area contributed by atoms with Gasteiger partial charge in [0.1, 0.15) is 3.23 Å². The van der Waals surface area contributed by atoms with Crippen LogP contribution >= 0.6 is 31.9 Å². The third-order valence-corrected chi connectivity index (χ3v) is 4.45. The Hall–Kier alpha value is -0.350. The van der Waals surface area contributed by atoms with Crippen molar-refractivity contribution in [3.8, 4) is 0 Å². The highest BCUT2D eigenvalue weighted by atomic mass is 79.9. The predicted octanol–water partition coefficient (Wildman–Crippen LogP) is 2.97. The van der Waals surface area contributed by atoms with Gasteiger partial charge in [-0.3, -0.25) is 4.79 Å². The van der Waals surface area contributed by atoms with E-state index in [1.807, 2.05) is 30.3 Å². The van der Waals surface area contributed by atoms with E-state index in [0.29, 0.717) is 0 Å². The van der Waals surface area contributed by atoms with Crippen LogP contribution in [0.1, 0.15) is 11.5 Å². The lowest BCUT2D eigenvalue weighted by atomic mass is 10.1. The van der Waals surface area contributed by atoms with Crippen LogP contribution in [0.4, 0.5) is 0 Å². The molecule has 0 amide bonds. The molecule has 2 rings (SSSR count). The van der Waals surface area contributed by atoms with Crippen molar-refractivity contribution in [3.05, 3.63) is 35.9 Å². The summed E-state index contributed by atoms with van der Waals surface area (Å²) >= 11 is 6.78. The molecule has 1 aromatic carbocycles. The Labute approximate surface area is 98.6 Å². The zero-order valence-corrected chi connectivity index (χ0v) is 10.3. The molecule has 2 atom stereocenters. The molecule has 1 N–H and O–H groups in total. The molecule has 1 saturated carbocycles. The monoisotopic (exact) mass is 318 g/mol. The maximum Gasteiger partial charge on any atom is 0.309 e. The van der Waals surface area contributed by atoms with Crippen LogP contribution < -0.4 is 0 Å². The highest BCUT2D eigenvalue weighted by Crippen LogP contribution is 2.67. The lowest BCUT2D eigenvalue weighted by Crippen LogP contribution is -2.02. The number of aliphatic carboxylic acids is 1. The Morgan fingerprint density at radius 3 is 2.29 bits per heavy atom. The van der Waals surface area contributed by atoms with E-state index in [4.69, 9.17) is 5.11 Å². The third kappa shape index (κ3) is 1.50. The first-order valence-corrected chi connectivity index (χ1v) is 5.79. The molecule has 0 aromatic heterocycles. The summed E-state index contributed by atoms with van der Waals surface area (Å²) in [5.74, 6) is -1.14. The molecule has 0 heterocycles. The Morgan fingerprint density at radius 2 is 1.86 bits per heavy atom. The Balaban J connectivity index is 2.28. The van der Waals surface area contributed by atoms with Crippen LogP contribution in [0.15, 0.2) is 30.3 Å². The SMILES string of the molecule is O=C(O)[C@H]1[C@H](c2ccccc2)C1(Br)Br. The average Bonchev–Trinajstić information content (AvgIpc) is 2.71. The number of alkyl halides is 2. The van der Waals surface area contributed by atoms with E-state index in [1.165, 1.54) is 0 Å². The highest BCUT2D eigenvalue weighted by Gasteiger charge is 2.66. The average molecular weight is 320 g/mol. The van der Waals surface area contributed by atoms with Gasteiger partial charge in [-0.25, -0.2) is 0 Å². The molecule has 1 aromatic rings. The standard InChI is InChI=1S/C10H8Br2O2/c11-10(12)7(8(10)9(13)14)6-4-2-1-3-5-6/h1-5,7-8H,(H,13,14)/t7-,8+/m0/s1. The fraction of sp³-hybridized carbons (Fsp3) is 0.300. The molecule has 1 fully saturated rings. The molecular formula is C10H8Br2O2. The van der Waals surface area contributed by atoms with Crippen molar-refractivity contribution in [1.82, 2.24) is 0 Å². The minimum Gasteiger partial charge on any atom is -0.481 e. The lowest BCUT2D eigenvalue weighted by Gasteiger charge is -1.98. The lowest BCUT2D eigenvalue weighted by molar-refractivity contribution is -0.138. The van der Waals surface area contributed by atoms with E-state index in [2.05, 4.69) is 31.9 Å². The molecule has 4 heteroatoms. The maximum atomic E-state index is 10.9. The Morgan fingerprint density at radius 1 is 1.29 bits per heavy atom. The van der Waals surface area contributed by atoms with Crippen molar-refractivity contribution in [3.63, 3.8) is 0 Å². The zero-order valence-electron chi connectivity index (χ0n) is 7.15. The number of carboxylic acids is 1. The van der Waals surface area contributed by atoms with E-state index in [9.17, 15) is 4.79 Å². The first kappa shape index (κ1) is 10.2. The van der Waals surface area contributed by atoms with Crippen LogP contribution in [-0.2, 0) is 4.79 Å². The second-order valence-corrected chi connectivity index (χ2v) is 7.07. The van der Waals surface area contributed by atoms with E-state index >= 15 is 0 Å². The smallest absolute Gasteiger partial charge is 0.309 e. The van der Waals surface area contributed by atoms with E-state index in [0.717, 1.165) is 5.56 Å². The van der Waals surface area contributed by atoms with Crippen molar-refractivity contribution >= 4 is 37.8 Å². The summed E-state index contributed by atoms with van der Waals surface area (Å²) in [7, 11) is 0. The van der Waals surface area contributed by atoms with Gasteiger partial charge in [0.25, 0.3) is 0 Å². The van der Waals surface area contributed by atoms with Gasteiger partial charge in [0.05, 0.1) is 5.92 Å². The largest absolute Gasteiger partial charge is 0.481 e. The number of hydrogen-bond acceptors (Lipinski definition) is 1. The molecule has 1 aliphatic rings. The first-order chi connectivity index (χ1) is 6.55. The Bertz CT molecular complexity index is 362. The molecule has 0 saturated heterocycles. The second-order valence-electron chi connectivity index (χ2n) is 3.38. The quantitative estimate of drug-likeness (QED) is 0.851. The van der Waals surface area contributed by atoms with E-state index in [1.54, 1.807) is 0 Å². The van der Waals surface area contributed by atoms with Gasteiger partial charge in [0.15, 0.2) is 0 Å². The molecule has 1 aliphatic carbocycles. The number of carbonyl (C=O) groups is 1. The molecule has 2 nitrogen and oxygen atoms in total. The highest BCUT2D eigenvalue weighted by molar-refractivity contribution is 9.25. The summed E-state index contributed by atoms with van der Waals surface area (Å²) in [6.45, 7) is 0. The minimum absolute atomic E-state index is 0.0150. The molecule has 14 heavy (non-hydrogen) atoms. The van der Waals surface area contributed by atoms with Gasteiger partial charge in [-0.05, 0) is 5.56 Å². The minimum atomic E-state index is -0.771. The summed E-state index contributed by atoms with van der Waals surface area (Å²) in [5, 5.41) is 8.96. The number of benzene rings is 1. The van der Waals surface area contributed by atoms with Gasteiger partial charge >= 0.3 is 5.97 Å². The number of rotatable bonds is 2. The number of hydrogen-bond donors (Lipinski definition) is 1. The van der Waals surface area contributed by atoms with Crippen LogP contribution in [0, 0.1) is 5.92 Å². The summed E-state index contributed by atoms with van der Waals surface area (Å²) in [6.07, 6.45) is 0. The predicted molar refractivity (Wildman–Crippen MR) is 60.9 cm³/mol. The summed E-state index contributed by atoms with van der Waals surface area (Å²) in [4.78, 5) is 10.9. The number of halogens is 2.